The minimum Gasteiger partial charge on any atom is -0.323 e. The van der Waals surface area contributed by atoms with E-state index in [4.69, 9.17) is 0 Å². The molecule has 0 fully saturated rings. The quantitative estimate of drug-likeness (QED) is 0.508. The molecule has 1 amide bonds. The molecule has 0 spiro atoms. The number of nitrogens with zero attached hydrogens (tertiary/aromatic N) is 1. The summed E-state index contributed by atoms with van der Waals surface area (Å²) >= 11 is 0.943. The topological polar surface area (TPSA) is 74.8 Å². The van der Waals surface area contributed by atoms with Crippen LogP contribution in [0.1, 0.15) is 12.6 Å². The number of aryl methyl sites for hydroxylation is 1. The lowest BCUT2D eigenvalue weighted by Gasteiger charge is -2.12. The zero-order valence-corrected chi connectivity index (χ0v) is 12.9. The Bertz CT molecular complexity index is 810. The number of thioether (sulfide) groups is 1. The summed E-state index contributed by atoms with van der Waals surface area (Å²) in [5, 5.41) is 1.63. The van der Waals surface area contributed by atoms with Gasteiger partial charge in [-0.25, -0.2) is 18.2 Å². The van der Waals surface area contributed by atoms with Crippen molar-refractivity contribution in [3.63, 3.8) is 0 Å². The lowest BCUT2D eigenvalue weighted by Crippen LogP contribution is -2.24. The molecule has 2 aromatic rings. The number of aromatic amines is 1. The summed E-state index contributed by atoms with van der Waals surface area (Å²) in [6, 6.07) is 2.94. The fourth-order valence-corrected chi connectivity index (χ4v) is 2.54. The third kappa shape index (κ3) is 4.13. The van der Waals surface area contributed by atoms with Crippen molar-refractivity contribution in [2.75, 3.05) is 5.32 Å². The van der Waals surface area contributed by atoms with Crippen molar-refractivity contribution in [1.29, 1.82) is 0 Å². The van der Waals surface area contributed by atoms with Crippen molar-refractivity contribution >= 4 is 23.4 Å². The maximum Gasteiger partial charge on any atom is 0.251 e. The molecule has 0 aliphatic carbocycles. The number of hydrogen-bond donors (Lipinski definition) is 2. The van der Waals surface area contributed by atoms with Crippen molar-refractivity contribution in [3.05, 3.63) is 51.7 Å². The zero-order chi connectivity index (χ0) is 17.1. The Morgan fingerprint density at radius 3 is 2.65 bits per heavy atom. The number of rotatable bonds is 4. The van der Waals surface area contributed by atoms with E-state index < -0.39 is 34.3 Å². The van der Waals surface area contributed by atoms with E-state index in [0.717, 1.165) is 17.8 Å². The molecule has 0 radical (unpaired) electrons. The monoisotopic (exact) mass is 343 g/mol. The molecule has 23 heavy (non-hydrogen) atoms. The van der Waals surface area contributed by atoms with Gasteiger partial charge in [-0.2, -0.15) is 0 Å². The van der Waals surface area contributed by atoms with Crippen molar-refractivity contribution in [2.24, 2.45) is 0 Å². The largest absolute Gasteiger partial charge is 0.323 e. The minimum absolute atomic E-state index is 0.225. The second-order valence-electron chi connectivity index (χ2n) is 4.66. The molecule has 2 N–H and O–H groups in total. The molecule has 2 rings (SSSR count). The highest BCUT2D eigenvalue weighted by atomic mass is 32.2. The van der Waals surface area contributed by atoms with Crippen LogP contribution in [0.2, 0.25) is 0 Å². The van der Waals surface area contributed by atoms with Gasteiger partial charge in [0.15, 0.2) is 22.6 Å². The number of benzene rings is 1. The van der Waals surface area contributed by atoms with Gasteiger partial charge < -0.3 is 10.3 Å². The van der Waals surface area contributed by atoms with E-state index >= 15 is 0 Å². The normalized spacial score (nSPS) is 12.0. The lowest BCUT2D eigenvalue weighted by atomic mass is 10.2. The van der Waals surface area contributed by atoms with Crippen LogP contribution in [0.15, 0.2) is 28.2 Å². The number of carbonyl (C=O) groups excluding carboxylic acids is 1. The van der Waals surface area contributed by atoms with Crippen LogP contribution in [-0.2, 0) is 4.79 Å². The predicted octanol–water partition coefficient (Wildman–Crippen LogP) is 2.61. The Kier molecular flexibility index (Phi) is 5.09. The highest BCUT2D eigenvalue weighted by Gasteiger charge is 2.20. The van der Waals surface area contributed by atoms with Gasteiger partial charge in [0.25, 0.3) is 5.56 Å². The SMILES string of the molecule is Cc1cc(=O)[nH]c(SC(C)C(=O)Nc2ccc(F)c(F)c2F)n1. The summed E-state index contributed by atoms with van der Waals surface area (Å²) in [5.74, 6) is -5.13. The van der Waals surface area contributed by atoms with E-state index in [1.54, 1.807) is 6.92 Å². The van der Waals surface area contributed by atoms with Crippen molar-refractivity contribution in [3.8, 4) is 0 Å². The number of anilines is 1. The molecule has 1 unspecified atom stereocenters. The first-order chi connectivity index (χ1) is 10.8. The standard InChI is InChI=1S/C14H12F3N3O2S/c1-6-5-10(21)20-14(18-6)23-7(2)13(22)19-9-4-3-8(15)11(16)12(9)17/h3-5,7H,1-2H3,(H,19,22)(H,18,20,21). The average molecular weight is 343 g/mol. The highest BCUT2D eigenvalue weighted by molar-refractivity contribution is 8.00. The molecular weight excluding hydrogens is 331 g/mol. The van der Waals surface area contributed by atoms with Gasteiger partial charge in [-0.1, -0.05) is 11.8 Å². The van der Waals surface area contributed by atoms with Gasteiger partial charge in [0.1, 0.15) is 0 Å². The Balaban J connectivity index is 2.11. The van der Waals surface area contributed by atoms with Crippen LogP contribution in [0.3, 0.4) is 0 Å². The van der Waals surface area contributed by atoms with Crippen LogP contribution in [0.5, 0.6) is 0 Å². The number of hydrogen-bond acceptors (Lipinski definition) is 4. The second kappa shape index (κ2) is 6.86. The van der Waals surface area contributed by atoms with Gasteiger partial charge in [-0.05, 0) is 26.0 Å². The first kappa shape index (κ1) is 17.1. The van der Waals surface area contributed by atoms with Crippen LogP contribution < -0.4 is 10.9 Å². The third-order valence-electron chi connectivity index (χ3n) is 2.80. The molecular formula is C14H12F3N3O2S. The smallest absolute Gasteiger partial charge is 0.251 e. The molecule has 5 nitrogen and oxygen atoms in total. The van der Waals surface area contributed by atoms with E-state index in [0.29, 0.717) is 11.8 Å². The van der Waals surface area contributed by atoms with Crippen LogP contribution in [0.25, 0.3) is 0 Å². The first-order valence-corrected chi connectivity index (χ1v) is 7.35. The van der Waals surface area contributed by atoms with Gasteiger partial charge in [-0.3, -0.25) is 9.59 Å². The van der Waals surface area contributed by atoms with Crippen LogP contribution in [0, 0.1) is 24.4 Å². The average Bonchev–Trinajstić information content (AvgIpc) is 2.46. The fraction of sp³-hybridized carbons (Fsp3) is 0.214. The molecule has 122 valence electrons. The second-order valence-corrected chi connectivity index (χ2v) is 5.99. The predicted molar refractivity (Wildman–Crippen MR) is 79.9 cm³/mol. The Morgan fingerprint density at radius 2 is 2.00 bits per heavy atom. The van der Waals surface area contributed by atoms with Crippen LogP contribution in [-0.4, -0.2) is 21.1 Å². The summed E-state index contributed by atoms with van der Waals surface area (Å²) in [6.45, 7) is 3.13. The summed E-state index contributed by atoms with van der Waals surface area (Å²) in [6.07, 6.45) is 0. The molecule has 1 aromatic heterocycles. The first-order valence-electron chi connectivity index (χ1n) is 6.47. The maximum absolute atomic E-state index is 13.5. The lowest BCUT2D eigenvalue weighted by molar-refractivity contribution is -0.115. The maximum atomic E-state index is 13.5. The van der Waals surface area contributed by atoms with Crippen molar-refractivity contribution in [2.45, 2.75) is 24.3 Å². The van der Waals surface area contributed by atoms with Crippen LogP contribution in [0.4, 0.5) is 18.9 Å². The molecule has 1 aromatic carbocycles. The molecule has 1 heterocycles. The number of amides is 1. The molecule has 0 aliphatic heterocycles. The minimum atomic E-state index is -1.66. The molecule has 1 atom stereocenters. The fourth-order valence-electron chi connectivity index (χ4n) is 1.69. The van der Waals surface area contributed by atoms with E-state index in [1.165, 1.54) is 13.0 Å². The van der Waals surface area contributed by atoms with Crippen molar-refractivity contribution < 1.29 is 18.0 Å². The molecule has 0 saturated carbocycles. The number of halogens is 3. The summed E-state index contributed by atoms with van der Waals surface area (Å²) < 4.78 is 39.5. The Morgan fingerprint density at radius 1 is 1.30 bits per heavy atom. The summed E-state index contributed by atoms with van der Waals surface area (Å²) in [4.78, 5) is 29.8. The summed E-state index contributed by atoms with van der Waals surface area (Å²) in [7, 11) is 0. The summed E-state index contributed by atoms with van der Waals surface area (Å²) in [5.41, 5.74) is -0.346. The van der Waals surface area contributed by atoms with Gasteiger partial charge in [0.05, 0.1) is 10.9 Å². The van der Waals surface area contributed by atoms with Crippen molar-refractivity contribution in [1.82, 2.24) is 9.97 Å². The Hall–Kier alpha value is -2.29. The molecule has 0 aliphatic rings. The highest BCUT2D eigenvalue weighted by Crippen LogP contribution is 2.23. The van der Waals surface area contributed by atoms with E-state index in [1.807, 2.05) is 0 Å². The molecule has 0 saturated heterocycles. The Labute approximate surface area is 133 Å². The van der Waals surface area contributed by atoms with E-state index in [2.05, 4.69) is 15.3 Å². The van der Waals surface area contributed by atoms with Gasteiger partial charge >= 0.3 is 0 Å². The number of H-pyrrole nitrogens is 1. The van der Waals surface area contributed by atoms with Gasteiger partial charge in [-0.15, -0.1) is 0 Å². The third-order valence-corrected chi connectivity index (χ3v) is 3.78. The van der Waals surface area contributed by atoms with Gasteiger partial charge in [0.2, 0.25) is 5.91 Å². The zero-order valence-electron chi connectivity index (χ0n) is 12.1. The molecule has 9 heteroatoms. The van der Waals surface area contributed by atoms with E-state index in [9.17, 15) is 22.8 Å². The van der Waals surface area contributed by atoms with Gasteiger partial charge in [0, 0.05) is 11.8 Å². The molecule has 0 bridgehead atoms. The number of carbonyl (C=O) groups is 1. The number of nitrogens with one attached hydrogen (secondary N) is 2. The number of aromatic nitrogens is 2. The van der Waals surface area contributed by atoms with E-state index in [-0.39, 0.29) is 10.7 Å². The van der Waals surface area contributed by atoms with Crippen LogP contribution >= 0.6 is 11.8 Å².